The summed E-state index contributed by atoms with van der Waals surface area (Å²) >= 11 is 4.96. The number of halogens is 2. The van der Waals surface area contributed by atoms with Crippen LogP contribution in [0.25, 0.3) is 0 Å². The first-order valence-electron chi connectivity index (χ1n) is 6.64. The van der Waals surface area contributed by atoms with E-state index in [2.05, 4.69) is 37.6 Å². The van der Waals surface area contributed by atoms with Crippen molar-refractivity contribution in [1.82, 2.24) is 4.90 Å². The molecule has 0 aliphatic carbocycles. The van der Waals surface area contributed by atoms with Crippen LogP contribution in [0.3, 0.4) is 0 Å². The van der Waals surface area contributed by atoms with E-state index in [0.29, 0.717) is 4.47 Å². The van der Waals surface area contributed by atoms with Crippen LogP contribution in [0.1, 0.15) is 10.4 Å². The Balaban J connectivity index is 1.60. The molecular formula is C15H14BrFN2OS. The molecule has 2 heterocycles. The van der Waals surface area contributed by atoms with Gasteiger partial charge in [-0.25, -0.2) is 4.39 Å². The van der Waals surface area contributed by atoms with Crippen molar-refractivity contribution in [2.24, 2.45) is 0 Å². The maximum atomic E-state index is 13.7. The van der Waals surface area contributed by atoms with E-state index in [1.807, 2.05) is 0 Å². The molecule has 0 spiro atoms. The minimum Gasteiger partial charge on any atom is -0.322 e. The van der Waals surface area contributed by atoms with Gasteiger partial charge in [0.25, 0.3) is 0 Å². The largest absolute Gasteiger partial charge is 0.322 e. The van der Waals surface area contributed by atoms with Crippen LogP contribution in [0.15, 0.2) is 34.1 Å². The Morgan fingerprint density at radius 1 is 1.43 bits per heavy atom. The Hall–Kier alpha value is -1.24. The summed E-state index contributed by atoms with van der Waals surface area (Å²) in [4.78, 5) is 15.5. The molecule has 6 heteroatoms. The highest BCUT2D eigenvalue weighted by molar-refractivity contribution is 9.10. The van der Waals surface area contributed by atoms with Gasteiger partial charge in [-0.1, -0.05) is 15.9 Å². The fourth-order valence-electron chi connectivity index (χ4n) is 2.43. The van der Waals surface area contributed by atoms with Crippen LogP contribution < -0.4 is 5.32 Å². The molecule has 1 N–H and O–H groups in total. The first-order valence-corrected chi connectivity index (χ1v) is 8.31. The highest BCUT2D eigenvalue weighted by Gasteiger charge is 2.19. The van der Waals surface area contributed by atoms with Gasteiger partial charge in [-0.05, 0) is 41.6 Å². The van der Waals surface area contributed by atoms with E-state index in [0.717, 1.165) is 19.5 Å². The lowest BCUT2D eigenvalue weighted by atomic mass is 10.1. The second kappa shape index (κ2) is 6.25. The van der Waals surface area contributed by atoms with Crippen molar-refractivity contribution < 1.29 is 9.18 Å². The Bertz CT molecular complexity index is 673. The van der Waals surface area contributed by atoms with E-state index in [1.165, 1.54) is 16.5 Å². The number of benzene rings is 1. The van der Waals surface area contributed by atoms with E-state index < -0.39 is 5.82 Å². The molecule has 3 nitrogen and oxygen atoms in total. The molecule has 0 saturated carbocycles. The van der Waals surface area contributed by atoms with Gasteiger partial charge in [-0.15, -0.1) is 11.3 Å². The number of amides is 1. The van der Waals surface area contributed by atoms with E-state index in [4.69, 9.17) is 0 Å². The van der Waals surface area contributed by atoms with Gasteiger partial charge in [-0.2, -0.15) is 0 Å². The number of carbonyl (C=O) groups excluding carboxylic acids is 1. The van der Waals surface area contributed by atoms with Crippen LogP contribution in [0, 0.1) is 5.82 Å². The second-order valence-electron chi connectivity index (χ2n) is 5.00. The molecule has 0 saturated heterocycles. The topological polar surface area (TPSA) is 32.3 Å². The number of rotatable bonds is 3. The van der Waals surface area contributed by atoms with Crippen molar-refractivity contribution in [3.63, 3.8) is 0 Å². The van der Waals surface area contributed by atoms with Crippen molar-refractivity contribution in [3.8, 4) is 0 Å². The minimum absolute atomic E-state index is 0.185. The van der Waals surface area contributed by atoms with Crippen molar-refractivity contribution in [1.29, 1.82) is 0 Å². The molecule has 0 unspecified atom stereocenters. The number of fused-ring (bicyclic) bond motifs is 1. The smallest absolute Gasteiger partial charge is 0.238 e. The third kappa shape index (κ3) is 3.51. The van der Waals surface area contributed by atoms with Crippen LogP contribution >= 0.6 is 27.3 Å². The molecule has 1 aromatic carbocycles. The highest BCUT2D eigenvalue weighted by Crippen LogP contribution is 2.24. The maximum Gasteiger partial charge on any atom is 0.238 e. The van der Waals surface area contributed by atoms with E-state index in [9.17, 15) is 9.18 Å². The van der Waals surface area contributed by atoms with E-state index >= 15 is 0 Å². The molecule has 0 atom stereocenters. The van der Waals surface area contributed by atoms with Gasteiger partial charge < -0.3 is 5.32 Å². The van der Waals surface area contributed by atoms with Crippen molar-refractivity contribution in [2.45, 2.75) is 13.0 Å². The van der Waals surface area contributed by atoms with Crippen LogP contribution in [-0.4, -0.2) is 23.9 Å². The van der Waals surface area contributed by atoms with Crippen LogP contribution in [-0.2, 0) is 17.8 Å². The third-order valence-electron chi connectivity index (χ3n) is 3.46. The van der Waals surface area contributed by atoms with Crippen molar-refractivity contribution in [3.05, 3.63) is 50.4 Å². The molecule has 21 heavy (non-hydrogen) atoms. The number of hydrogen-bond acceptors (Lipinski definition) is 3. The molecule has 1 amide bonds. The minimum atomic E-state index is -0.434. The zero-order chi connectivity index (χ0) is 14.8. The lowest BCUT2D eigenvalue weighted by Gasteiger charge is -2.26. The van der Waals surface area contributed by atoms with Gasteiger partial charge in [0.1, 0.15) is 5.82 Å². The van der Waals surface area contributed by atoms with Crippen LogP contribution in [0.2, 0.25) is 0 Å². The normalized spacial score (nSPS) is 14.8. The first-order chi connectivity index (χ1) is 10.1. The summed E-state index contributed by atoms with van der Waals surface area (Å²) < 4.78 is 14.3. The van der Waals surface area contributed by atoms with Crippen molar-refractivity contribution >= 4 is 38.9 Å². The van der Waals surface area contributed by atoms with Gasteiger partial charge in [-0.3, -0.25) is 9.69 Å². The molecule has 1 aliphatic heterocycles. The molecule has 1 aromatic heterocycles. The number of nitrogens with one attached hydrogen (secondary N) is 1. The molecule has 1 aliphatic rings. The summed E-state index contributed by atoms with van der Waals surface area (Å²) in [5.41, 5.74) is 1.52. The molecule has 0 fully saturated rings. The van der Waals surface area contributed by atoms with E-state index in [1.54, 1.807) is 23.5 Å². The maximum absolute atomic E-state index is 13.7. The Morgan fingerprint density at radius 2 is 2.29 bits per heavy atom. The fourth-order valence-corrected chi connectivity index (χ4v) is 3.65. The third-order valence-corrected chi connectivity index (χ3v) is 4.98. The van der Waals surface area contributed by atoms with Gasteiger partial charge in [0.15, 0.2) is 0 Å². The highest BCUT2D eigenvalue weighted by atomic mass is 79.9. The lowest BCUT2D eigenvalue weighted by molar-refractivity contribution is -0.117. The molecule has 3 rings (SSSR count). The van der Waals surface area contributed by atoms with Crippen LogP contribution in [0.5, 0.6) is 0 Å². The monoisotopic (exact) mass is 368 g/mol. The van der Waals surface area contributed by atoms with Gasteiger partial charge >= 0.3 is 0 Å². The van der Waals surface area contributed by atoms with Gasteiger partial charge in [0, 0.05) is 22.4 Å². The predicted octanol–water partition coefficient (Wildman–Crippen LogP) is 3.65. The molecule has 0 bridgehead atoms. The molecule has 0 radical (unpaired) electrons. The lowest BCUT2D eigenvalue weighted by Crippen LogP contribution is -2.36. The van der Waals surface area contributed by atoms with E-state index in [-0.39, 0.29) is 18.1 Å². The standard InChI is InChI=1S/C15H14BrFN2OS/c16-11-1-2-13(12(17)7-11)18-15(20)9-19-5-3-14-10(8-19)4-6-21-14/h1-2,4,6-7H,3,5,8-9H2,(H,18,20). The summed E-state index contributed by atoms with van der Waals surface area (Å²) in [6.45, 7) is 1.93. The summed E-state index contributed by atoms with van der Waals surface area (Å²) in [6, 6.07) is 6.72. The summed E-state index contributed by atoms with van der Waals surface area (Å²) in [5, 5.41) is 4.72. The average molecular weight is 369 g/mol. The predicted molar refractivity (Wildman–Crippen MR) is 86.0 cm³/mol. The van der Waals surface area contributed by atoms with Gasteiger partial charge in [0.05, 0.1) is 12.2 Å². The average Bonchev–Trinajstić information content (AvgIpc) is 2.89. The molecular weight excluding hydrogens is 355 g/mol. The SMILES string of the molecule is O=C(CN1CCc2sccc2C1)Nc1ccc(Br)cc1F. The summed E-state index contributed by atoms with van der Waals surface area (Å²) in [7, 11) is 0. The second-order valence-corrected chi connectivity index (χ2v) is 6.92. The Morgan fingerprint density at radius 3 is 3.10 bits per heavy atom. The number of nitrogens with zero attached hydrogens (tertiary/aromatic N) is 1. The Labute approximate surface area is 134 Å². The summed E-state index contributed by atoms with van der Waals surface area (Å²) in [6.07, 6.45) is 0.979. The Kier molecular flexibility index (Phi) is 4.37. The number of anilines is 1. The molecule has 2 aromatic rings. The number of thiophene rings is 1. The zero-order valence-electron chi connectivity index (χ0n) is 11.2. The molecule has 110 valence electrons. The van der Waals surface area contributed by atoms with Crippen LogP contribution in [0.4, 0.5) is 10.1 Å². The zero-order valence-corrected chi connectivity index (χ0v) is 13.6. The van der Waals surface area contributed by atoms with Crippen molar-refractivity contribution in [2.75, 3.05) is 18.4 Å². The number of hydrogen-bond donors (Lipinski definition) is 1. The fraction of sp³-hybridized carbons (Fsp3) is 0.267. The summed E-state index contributed by atoms with van der Waals surface area (Å²) in [5.74, 6) is -0.619. The van der Waals surface area contributed by atoms with Gasteiger partial charge in [0.2, 0.25) is 5.91 Å². The first kappa shape index (κ1) is 14.7. The quantitative estimate of drug-likeness (QED) is 0.896. The number of carbonyl (C=O) groups is 1.